The summed E-state index contributed by atoms with van der Waals surface area (Å²) in [7, 11) is 0. The van der Waals surface area contributed by atoms with Gasteiger partial charge >= 0.3 is 0 Å². The van der Waals surface area contributed by atoms with Crippen LogP contribution in [0.25, 0.3) is 10.2 Å². The number of hydrazone groups is 1. The number of hydrogen-bond acceptors (Lipinski definition) is 5. The van der Waals surface area contributed by atoms with Gasteiger partial charge in [-0.15, -0.1) is 0 Å². The van der Waals surface area contributed by atoms with Gasteiger partial charge in [0.15, 0.2) is 0 Å². The molecule has 0 fully saturated rings. The standard InChI is InChI=1S/C14H9I2N3OS/c15-9-5-8(13(20)10(16)6-9)7-17-19-14-18-11-3-1-2-4-12(11)21-14/h1-7,20H,(H,18,19)/b17-7-. The lowest BCUT2D eigenvalue weighted by atomic mass is 10.2. The van der Waals surface area contributed by atoms with E-state index in [2.05, 4.69) is 60.7 Å². The van der Waals surface area contributed by atoms with Crippen molar-refractivity contribution in [3.05, 3.63) is 49.1 Å². The highest BCUT2D eigenvalue weighted by atomic mass is 127. The van der Waals surface area contributed by atoms with Crippen LogP contribution in [0.4, 0.5) is 5.13 Å². The topological polar surface area (TPSA) is 57.5 Å². The summed E-state index contributed by atoms with van der Waals surface area (Å²) in [5.41, 5.74) is 4.54. The lowest BCUT2D eigenvalue weighted by Crippen LogP contribution is -1.92. The van der Waals surface area contributed by atoms with Crippen LogP contribution in [0, 0.1) is 7.14 Å². The van der Waals surface area contributed by atoms with Gasteiger partial charge in [0.1, 0.15) is 5.75 Å². The molecule has 106 valence electrons. The Hall–Kier alpha value is -0.940. The maximum atomic E-state index is 9.99. The van der Waals surface area contributed by atoms with Gasteiger partial charge in [0.05, 0.1) is 20.0 Å². The zero-order chi connectivity index (χ0) is 14.8. The molecule has 2 N–H and O–H groups in total. The molecule has 1 heterocycles. The molecule has 0 radical (unpaired) electrons. The normalized spacial score (nSPS) is 11.3. The maximum absolute atomic E-state index is 9.99. The molecule has 7 heteroatoms. The molecule has 0 atom stereocenters. The first-order valence-electron chi connectivity index (χ1n) is 5.96. The minimum Gasteiger partial charge on any atom is -0.506 e. The average Bonchev–Trinajstić information content (AvgIpc) is 2.86. The third-order valence-corrected chi connectivity index (χ3v) is 5.10. The molecule has 2 aromatic carbocycles. The van der Waals surface area contributed by atoms with Crippen LogP contribution >= 0.6 is 56.5 Å². The summed E-state index contributed by atoms with van der Waals surface area (Å²) in [4.78, 5) is 4.43. The third kappa shape index (κ3) is 3.46. The fraction of sp³-hybridized carbons (Fsp3) is 0. The highest BCUT2D eigenvalue weighted by molar-refractivity contribution is 14.1. The average molecular weight is 521 g/mol. The van der Waals surface area contributed by atoms with Gasteiger partial charge in [0.25, 0.3) is 0 Å². The number of hydrogen-bond donors (Lipinski definition) is 2. The van der Waals surface area contributed by atoms with E-state index in [1.807, 2.05) is 36.4 Å². The quantitative estimate of drug-likeness (QED) is 0.300. The van der Waals surface area contributed by atoms with Gasteiger partial charge in [-0.3, -0.25) is 5.43 Å². The molecule has 1 aromatic heterocycles. The molecule has 0 aliphatic carbocycles. The molecule has 21 heavy (non-hydrogen) atoms. The third-order valence-electron chi connectivity index (χ3n) is 2.72. The number of phenolic OH excluding ortho intramolecular Hbond substituents is 1. The van der Waals surface area contributed by atoms with Crippen molar-refractivity contribution in [2.75, 3.05) is 5.43 Å². The lowest BCUT2D eigenvalue weighted by Gasteiger charge is -2.02. The number of aromatic nitrogens is 1. The maximum Gasteiger partial charge on any atom is 0.204 e. The first-order valence-corrected chi connectivity index (χ1v) is 8.93. The number of benzene rings is 2. The number of rotatable bonds is 3. The second-order valence-electron chi connectivity index (χ2n) is 4.18. The number of fused-ring (bicyclic) bond motifs is 1. The number of aromatic hydroxyl groups is 1. The minimum atomic E-state index is 0.242. The molecule has 0 saturated heterocycles. The molecule has 0 unspecified atom stereocenters. The van der Waals surface area contributed by atoms with Gasteiger partial charge in [0.2, 0.25) is 5.13 Å². The van der Waals surface area contributed by atoms with Gasteiger partial charge in [0, 0.05) is 9.13 Å². The Kier molecular flexibility index (Phi) is 4.60. The molecule has 0 saturated carbocycles. The number of para-hydroxylation sites is 1. The smallest absolute Gasteiger partial charge is 0.204 e. The Bertz CT molecular complexity index is 799. The van der Waals surface area contributed by atoms with Crippen LogP contribution in [0.15, 0.2) is 41.5 Å². The van der Waals surface area contributed by atoms with E-state index in [0.717, 1.165) is 22.5 Å². The van der Waals surface area contributed by atoms with E-state index in [9.17, 15) is 5.11 Å². The number of nitrogens with one attached hydrogen (secondary N) is 1. The van der Waals surface area contributed by atoms with Gasteiger partial charge in [-0.2, -0.15) is 5.10 Å². The fourth-order valence-corrected chi connectivity index (χ4v) is 4.47. The number of phenols is 1. The summed E-state index contributed by atoms with van der Waals surface area (Å²) in [6, 6.07) is 11.7. The van der Waals surface area contributed by atoms with Crippen molar-refractivity contribution < 1.29 is 5.11 Å². The largest absolute Gasteiger partial charge is 0.506 e. The van der Waals surface area contributed by atoms with Gasteiger partial charge in [-0.25, -0.2) is 4.98 Å². The summed E-state index contributed by atoms with van der Waals surface area (Å²) in [6.07, 6.45) is 1.60. The molecule has 3 aromatic rings. The zero-order valence-electron chi connectivity index (χ0n) is 10.5. The van der Waals surface area contributed by atoms with E-state index in [0.29, 0.717) is 5.56 Å². The Morgan fingerprint density at radius 3 is 2.86 bits per heavy atom. The Balaban J connectivity index is 1.81. The van der Waals surface area contributed by atoms with Crippen molar-refractivity contribution in [2.45, 2.75) is 0 Å². The highest BCUT2D eigenvalue weighted by Gasteiger charge is 2.05. The second kappa shape index (κ2) is 6.44. The van der Waals surface area contributed by atoms with E-state index in [1.54, 1.807) is 17.6 Å². The van der Waals surface area contributed by atoms with E-state index < -0.39 is 0 Å². The SMILES string of the molecule is Oc1c(I)cc(I)cc1/C=N\Nc1nc2ccccc2s1. The Labute approximate surface area is 152 Å². The van der Waals surface area contributed by atoms with E-state index >= 15 is 0 Å². The van der Waals surface area contributed by atoms with Crippen molar-refractivity contribution in [2.24, 2.45) is 5.10 Å². The van der Waals surface area contributed by atoms with Crippen LogP contribution in [-0.2, 0) is 0 Å². The van der Waals surface area contributed by atoms with Crippen molar-refractivity contribution in [1.29, 1.82) is 0 Å². The Morgan fingerprint density at radius 2 is 2.05 bits per heavy atom. The predicted octanol–water partition coefficient (Wildman–Crippen LogP) is 4.66. The zero-order valence-corrected chi connectivity index (χ0v) is 15.7. The predicted molar refractivity (Wildman–Crippen MR) is 104 cm³/mol. The number of halogens is 2. The summed E-state index contributed by atoms with van der Waals surface area (Å²) >= 11 is 5.85. The number of anilines is 1. The lowest BCUT2D eigenvalue weighted by molar-refractivity contribution is 0.470. The van der Waals surface area contributed by atoms with E-state index in [-0.39, 0.29) is 5.75 Å². The van der Waals surface area contributed by atoms with Crippen LogP contribution in [-0.4, -0.2) is 16.3 Å². The summed E-state index contributed by atoms with van der Waals surface area (Å²) in [5.74, 6) is 0.242. The highest BCUT2D eigenvalue weighted by Crippen LogP contribution is 2.27. The molecule has 0 amide bonds. The van der Waals surface area contributed by atoms with Crippen LogP contribution in [0.5, 0.6) is 5.75 Å². The fourth-order valence-electron chi connectivity index (χ4n) is 1.76. The summed E-state index contributed by atoms with van der Waals surface area (Å²) < 4.78 is 2.97. The molecule has 0 spiro atoms. The second-order valence-corrected chi connectivity index (χ2v) is 7.62. The van der Waals surface area contributed by atoms with Crippen molar-refractivity contribution in [3.8, 4) is 5.75 Å². The summed E-state index contributed by atoms with van der Waals surface area (Å²) in [5, 5.41) is 14.9. The van der Waals surface area contributed by atoms with Gasteiger partial charge in [-0.05, 0) is 69.4 Å². The van der Waals surface area contributed by atoms with Crippen LogP contribution in [0.1, 0.15) is 5.56 Å². The molecule has 3 rings (SSSR count). The van der Waals surface area contributed by atoms with Crippen molar-refractivity contribution in [1.82, 2.24) is 4.98 Å². The van der Waals surface area contributed by atoms with E-state index in [4.69, 9.17) is 0 Å². The minimum absolute atomic E-state index is 0.242. The first kappa shape index (κ1) is 15.0. The van der Waals surface area contributed by atoms with Crippen molar-refractivity contribution in [3.63, 3.8) is 0 Å². The van der Waals surface area contributed by atoms with Crippen LogP contribution < -0.4 is 5.43 Å². The molecule has 0 bridgehead atoms. The number of thiazole rings is 1. The van der Waals surface area contributed by atoms with Crippen molar-refractivity contribution >= 4 is 78.1 Å². The van der Waals surface area contributed by atoms with Gasteiger partial charge < -0.3 is 5.11 Å². The molecule has 0 aliphatic heterocycles. The monoisotopic (exact) mass is 521 g/mol. The van der Waals surface area contributed by atoms with E-state index in [1.165, 1.54) is 0 Å². The molecule has 4 nitrogen and oxygen atoms in total. The first-order chi connectivity index (χ1) is 10.1. The Morgan fingerprint density at radius 1 is 1.24 bits per heavy atom. The number of nitrogens with zero attached hydrogens (tertiary/aromatic N) is 2. The molecular formula is C14H9I2N3OS. The van der Waals surface area contributed by atoms with Crippen LogP contribution in [0.3, 0.4) is 0 Å². The summed E-state index contributed by atoms with van der Waals surface area (Å²) in [6.45, 7) is 0. The molecule has 0 aliphatic rings. The molecular weight excluding hydrogens is 512 g/mol. The van der Waals surface area contributed by atoms with Gasteiger partial charge in [-0.1, -0.05) is 23.5 Å². The van der Waals surface area contributed by atoms with Crippen LogP contribution in [0.2, 0.25) is 0 Å².